The van der Waals surface area contributed by atoms with Crippen molar-refractivity contribution in [3.63, 3.8) is 0 Å². The van der Waals surface area contributed by atoms with Gasteiger partial charge in [0.15, 0.2) is 6.73 Å². The standard InChI is InChI=1S/C17H17BrN6O5/c1-28-17-15(24(26)27)10-22(21-17)7-6-16(25)20-13-8-19-23(9-13)11-29-14-4-2-12(18)3-5-14/h2-5,8-10H,6-7,11H2,1H3,(H,20,25). The van der Waals surface area contributed by atoms with E-state index in [1.807, 2.05) is 24.3 Å². The van der Waals surface area contributed by atoms with Crippen molar-refractivity contribution in [1.82, 2.24) is 19.6 Å². The van der Waals surface area contributed by atoms with E-state index in [1.54, 1.807) is 10.9 Å². The summed E-state index contributed by atoms with van der Waals surface area (Å²) in [7, 11) is 1.30. The van der Waals surface area contributed by atoms with Crippen molar-refractivity contribution in [2.24, 2.45) is 0 Å². The largest absolute Gasteiger partial charge is 0.475 e. The summed E-state index contributed by atoms with van der Waals surface area (Å²) < 4.78 is 14.3. The third-order valence-electron chi connectivity index (χ3n) is 3.76. The van der Waals surface area contributed by atoms with Gasteiger partial charge in [-0.25, -0.2) is 4.68 Å². The molecule has 0 unspecified atom stereocenters. The number of nitrogens with one attached hydrogen (secondary N) is 1. The second-order valence-corrected chi connectivity index (χ2v) is 6.75. The summed E-state index contributed by atoms with van der Waals surface area (Å²) in [4.78, 5) is 22.4. The molecule has 1 N–H and O–H groups in total. The molecule has 2 heterocycles. The highest BCUT2D eigenvalue weighted by Gasteiger charge is 2.20. The summed E-state index contributed by atoms with van der Waals surface area (Å²) >= 11 is 3.36. The Hall–Kier alpha value is -3.41. The maximum Gasteiger partial charge on any atom is 0.350 e. The molecule has 0 aliphatic rings. The first-order valence-corrected chi connectivity index (χ1v) is 9.20. The van der Waals surface area contributed by atoms with Crippen molar-refractivity contribution in [2.45, 2.75) is 19.7 Å². The van der Waals surface area contributed by atoms with Gasteiger partial charge in [0.25, 0.3) is 0 Å². The summed E-state index contributed by atoms with van der Waals surface area (Å²) in [6.45, 7) is 0.352. The van der Waals surface area contributed by atoms with Crippen LogP contribution in [0.15, 0.2) is 47.3 Å². The molecule has 0 aliphatic carbocycles. The molecule has 0 saturated heterocycles. The lowest BCUT2D eigenvalue weighted by molar-refractivity contribution is -0.385. The van der Waals surface area contributed by atoms with E-state index in [9.17, 15) is 14.9 Å². The number of hydrogen-bond acceptors (Lipinski definition) is 7. The molecule has 152 valence electrons. The molecule has 2 aromatic heterocycles. The van der Waals surface area contributed by atoms with Crippen LogP contribution in [-0.2, 0) is 18.1 Å². The fourth-order valence-corrected chi connectivity index (χ4v) is 2.65. The number of amides is 1. The lowest BCUT2D eigenvalue weighted by Crippen LogP contribution is -2.14. The van der Waals surface area contributed by atoms with Crippen molar-refractivity contribution in [3.8, 4) is 11.6 Å². The number of benzene rings is 1. The first kappa shape index (κ1) is 20.3. The van der Waals surface area contributed by atoms with E-state index in [0.29, 0.717) is 11.4 Å². The molecule has 0 bridgehead atoms. The predicted molar refractivity (Wildman–Crippen MR) is 106 cm³/mol. The van der Waals surface area contributed by atoms with Crippen molar-refractivity contribution >= 4 is 33.2 Å². The normalized spacial score (nSPS) is 10.6. The van der Waals surface area contributed by atoms with Crippen LogP contribution < -0.4 is 14.8 Å². The first-order chi connectivity index (χ1) is 13.9. The first-order valence-electron chi connectivity index (χ1n) is 8.41. The van der Waals surface area contributed by atoms with Crippen LogP contribution in [0.3, 0.4) is 0 Å². The molecule has 3 aromatic rings. The van der Waals surface area contributed by atoms with Gasteiger partial charge in [0.1, 0.15) is 11.9 Å². The summed E-state index contributed by atoms with van der Waals surface area (Å²) in [5.41, 5.74) is 0.262. The van der Waals surface area contributed by atoms with Gasteiger partial charge in [-0.3, -0.25) is 19.6 Å². The maximum atomic E-state index is 12.1. The average Bonchev–Trinajstić information content (AvgIpc) is 3.32. The fraction of sp³-hybridized carbons (Fsp3) is 0.235. The minimum atomic E-state index is -0.590. The van der Waals surface area contributed by atoms with Gasteiger partial charge in [-0.2, -0.15) is 5.10 Å². The zero-order valence-corrected chi connectivity index (χ0v) is 16.9. The van der Waals surface area contributed by atoms with Crippen molar-refractivity contribution in [1.29, 1.82) is 0 Å². The van der Waals surface area contributed by atoms with Crippen LogP contribution in [0, 0.1) is 10.1 Å². The van der Waals surface area contributed by atoms with Gasteiger partial charge in [0, 0.05) is 10.9 Å². The number of hydrogen-bond donors (Lipinski definition) is 1. The monoisotopic (exact) mass is 464 g/mol. The van der Waals surface area contributed by atoms with Crippen molar-refractivity contribution < 1.29 is 19.2 Å². The Labute approximate surface area is 173 Å². The molecule has 1 amide bonds. The molecule has 0 atom stereocenters. The predicted octanol–water partition coefficient (Wildman–Crippen LogP) is 2.82. The van der Waals surface area contributed by atoms with E-state index in [1.165, 1.54) is 24.2 Å². The van der Waals surface area contributed by atoms with Crippen LogP contribution in [0.1, 0.15) is 6.42 Å². The van der Waals surface area contributed by atoms with Crippen LogP contribution in [0.4, 0.5) is 11.4 Å². The van der Waals surface area contributed by atoms with Gasteiger partial charge in [-0.15, -0.1) is 5.10 Å². The Balaban J connectivity index is 1.48. The van der Waals surface area contributed by atoms with Gasteiger partial charge < -0.3 is 14.8 Å². The van der Waals surface area contributed by atoms with E-state index in [4.69, 9.17) is 9.47 Å². The highest BCUT2D eigenvalue weighted by atomic mass is 79.9. The molecule has 12 heteroatoms. The topological polar surface area (TPSA) is 126 Å². The molecule has 0 aliphatic heterocycles. The van der Waals surface area contributed by atoms with Gasteiger partial charge in [-0.1, -0.05) is 15.9 Å². The van der Waals surface area contributed by atoms with Gasteiger partial charge in [-0.05, 0) is 24.3 Å². The molecule has 0 radical (unpaired) electrons. The Bertz CT molecular complexity index is 1000. The van der Waals surface area contributed by atoms with E-state index in [2.05, 4.69) is 31.4 Å². The number of rotatable bonds is 9. The molecular formula is C17H17BrN6O5. The number of carbonyl (C=O) groups excluding carboxylic acids is 1. The molecule has 0 fully saturated rings. The zero-order chi connectivity index (χ0) is 20.8. The lowest BCUT2D eigenvalue weighted by atomic mass is 10.3. The molecule has 11 nitrogen and oxygen atoms in total. The quantitative estimate of drug-likeness (QED) is 0.380. The number of anilines is 1. The minimum Gasteiger partial charge on any atom is -0.475 e. The van der Waals surface area contributed by atoms with Gasteiger partial charge in [0.05, 0.1) is 36.7 Å². The Morgan fingerprint density at radius 2 is 2.03 bits per heavy atom. The molecule has 1 aromatic carbocycles. The molecule has 0 spiro atoms. The van der Waals surface area contributed by atoms with Gasteiger partial charge in [0.2, 0.25) is 5.91 Å². The minimum absolute atomic E-state index is 0.0720. The van der Waals surface area contributed by atoms with Gasteiger partial charge >= 0.3 is 11.6 Å². The molecular weight excluding hydrogens is 448 g/mol. The second kappa shape index (κ2) is 9.19. The molecule has 0 saturated carbocycles. The van der Waals surface area contributed by atoms with E-state index >= 15 is 0 Å². The molecule has 29 heavy (non-hydrogen) atoms. The lowest BCUT2D eigenvalue weighted by Gasteiger charge is -2.06. The number of nitrogens with zero attached hydrogens (tertiary/aromatic N) is 5. The number of methoxy groups -OCH3 is 1. The van der Waals surface area contributed by atoms with Crippen LogP contribution in [0.2, 0.25) is 0 Å². The zero-order valence-electron chi connectivity index (χ0n) is 15.3. The third-order valence-corrected chi connectivity index (χ3v) is 4.29. The van der Waals surface area contributed by atoms with E-state index in [0.717, 1.165) is 4.47 Å². The number of ether oxygens (including phenoxy) is 2. The third kappa shape index (κ3) is 5.54. The smallest absolute Gasteiger partial charge is 0.350 e. The summed E-state index contributed by atoms with van der Waals surface area (Å²) in [5, 5.41) is 21.7. The van der Waals surface area contributed by atoms with Crippen LogP contribution in [0.5, 0.6) is 11.6 Å². The van der Waals surface area contributed by atoms with E-state index < -0.39 is 4.92 Å². The molecule has 3 rings (SSSR count). The number of aryl methyl sites for hydroxylation is 1. The Kier molecular flexibility index (Phi) is 6.44. The number of aromatic nitrogens is 4. The highest BCUT2D eigenvalue weighted by Crippen LogP contribution is 2.24. The highest BCUT2D eigenvalue weighted by molar-refractivity contribution is 9.10. The maximum absolute atomic E-state index is 12.1. The number of halogens is 1. The SMILES string of the molecule is COc1nn(CCC(=O)Nc2cnn(COc3ccc(Br)cc3)c2)cc1[N+](=O)[O-]. The fourth-order valence-electron chi connectivity index (χ4n) is 2.39. The van der Waals surface area contributed by atoms with Crippen molar-refractivity contribution in [3.05, 3.63) is 57.4 Å². The van der Waals surface area contributed by atoms with Crippen LogP contribution in [-0.4, -0.2) is 37.5 Å². The second-order valence-electron chi connectivity index (χ2n) is 5.84. The Morgan fingerprint density at radius 1 is 1.28 bits per heavy atom. The van der Waals surface area contributed by atoms with Crippen LogP contribution in [0.25, 0.3) is 0 Å². The van der Waals surface area contributed by atoms with Crippen molar-refractivity contribution in [2.75, 3.05) is 12.4 Å². The van der Waals surface area contributed by atoms with E-state index in [-0.39, 0.29) is 37.2 Å². The van der Waals surface area contributed by atoms with Crippen LogP contribution >= 0.6 is 15.9 Å². The Morgan fingerprint density at radius 3 is 2.69 bits per heavy atom. The summed E-state index contributed by atoms with van der Waals surface area (Å²) in [6, 6.07) is 7.39. The summed E-state index contributed by atoms with van der Waals surface area (Å²) in [5.74, 6) is 0.316. The number of carbonyl (C=O) groups is 1. The number of nitro groups is 1. The average molecular weight is 465 g/mol. The summed E-state index contributed by atoms with van der Waals surface area (Å²) in [6.07, 6.45) is 4.44.